The van der Waals surface area contributed by atoms with Gasteiger partial charge >= 0.3 is 0 Å². The molecule has 1 aromatic carbocycles. The van der Waals surface area contributed by atoms with Crippen LogP contribution in [0.25, 0.3) is 11.1 Å². The van der Waals surface area contributed by atoms with Gasteiger partial charge in [-0.2, -0.15) is 0 Å². The van der Waals surface area contributed by atoms with Gasteiger partial charge in [-0.05, 0) is 18.2 Å². The van der Waals surface area contributed by atoms with Crippen LogP contribution in [0.15, 0.2) is 29.0 Å². The van der Waals surface area contributed by atoms with Crippen LogP contribution in [0.1, 0.15) is 0 Å². The molecule has 60 valence electrons. The minimum atomic E-state index is 0.626. The molecule has 0 fully saturated rings. The fourth-order valence-corrected chi connectivity index (χ4v) is 1.02. The number of nitrogens with zero attached hydrogens (tertiary/aromatic N) is 1. The first-order chi connectivity index (χ1) is 5.90. The molecule has 4 nitrogen and oxygen atoms in total. The third-order valence-electron chi connectivity index (χ3n) is 1.56. The lowest BCUT2D eigenvalue weighted by molar-refractivity contribution is -0.105. The topological polar surface area (TPSA) is 55.1 Å². The van der Waals surface area contributed by atoms with Crippen molar-refractivity contribution in [2.75, 3.05) is 5.32 Å². The Morgan fingerprint density at radius 3 is 3.25 bits per heavy atom. The van der Waals surface area contributed by atoms with Gasteiger partial charge in [0, 0.05) is 5.69 Å². The van der Waals surface area contributed by atoms with Crippen molar-refractivity contribution in [1.82, 2.24) is 4.98 Å². The summed E-state index contributed by atoms with van der Waals surface area (Å²) in [4.78, 5) is 14.0. The largest absolute Gasteiger partial charge is 0.443 e. The summed E-state index contributed by atoms with van der Waals surface area (Å²) in [5.74, 6) is 0. The third-order valence-corrected chi connectivity index (χ3v) is 1.56. The van der Waals surface area contributed by atoms with Gasteiger partial charge in [-0.25, -0.2) is 4.98 Å². The number of benzene rings is 1. The second kappa shape index (κ2) is 2.65. The molecule has 0 bridgehead atoms. The minimum Gasteiger partial charge on any atom is -0.443 e. The Balaban J connectivity index is 2.52. The van der Waals surface area contributed by atoms with Crippen molar-refractivity contribution >= 4 is 23.2 Å². The van der Waals surface area contributed by atoms with Gasteiger partial charge in [-0.1, -0.05) is 0 Å². The molecule has 0 aliphatic carbocycles. The van der Waals surface area contributed by atoms with E-state index in [1.807, 2.05) is 0 Å². The fraction of sp³-hybridized carbons (Fsp3) is 0. The van der Waals surface area contributed by atoms with E-state index >= 15 is 0 Å². The Hall–Kier alpha value is -1.84. The average Bonchev–Trinajstić information content (AvgIpc) is 2.51. The number of carbonyl (C=O) groups excluding carboxylic acids is 1. The van der Waals surface area contributed by atoms with Gasteiger partial charge in [0.2, 0.25) is 6.41 Å². The maximum Gasteiger partial charge on any atom is 0.211 e. The van der Waals surface area contributed by atoms with Crippen molar-refractivity contribution in [1.29, 1.82) is 0 Å². The van der Waals surface area contributed by atoms with Crippen LogP contribution < -0.4 is 5.32 Å². The lowest BCUT2D eigenvalue weighted by Gasteiger charge is -1.95. The zero-order valence-electron chi connectivity index (χ0n) is 6.15. The zero-order valence-corrected chi connectivity index (χ0v) is 6.15. The van der Waals surface area contributed by atoms with Crippen molar-refractivity contribution < 1.29 is 9.21 Å². The number of oxazole rings is 1. The van der Waals surface area contributed by atoms with Crippen molar-refractivity contribution in [3.05, 3.63) is 24.6 Å². The molecule has 0 aliphatic heterocycles. The molecule has 0 unspecified atom stereocenters. The van der Waals surface area contributed by atoms with Gasteiger partial charge < -0.3 is 9.73 Å². The van der Waals surface area contributed by atoms with E-state index in [9.17, 15) is 4.79 Å². The highest BCUT2D eigenvalue weighted by atomic mass is 16.3. The van der Waals surface area contributed by atoms with E-state index in [1.165, 1.54) is 6.39 Å². The summed E-state index contributed by atoms with van der Waals surface area (Å²) in [5, 5.41) is 2.53. The van der Waals surface area contributed by atoms with E-state index < -0.39 is 0 Å². The Kier molecular flexibility index (Phi) is 1.51. The maximum atomic E-state index is 10.1. The van der Waals surface area contributed by atoms with Gasteiger partial charge in [-0.3, -0.25) is 4.79 Å². The van der Waals surface area contributed by atoms with Gasteiger partial charge in [0.05, 0.1) is 0 Å². The van der Waals surface area contributed by atoms with Crippen LogP contribution in [0.4, 0.5) is 5.69 Å². The highest BCUT2D eigenvalue weighted by molar-refractivity contribution is 5.81. The molecule has 1 aromatic heterocycles. The molecule has 0 saturated heterocycles. The predicted molar refractivity (Wildman–Crippen MR) is 43.7 cm³/mol. The van der Waals surface area contributed by atoms with Crippen LogP contribution in [0, 0.1) is 0 Å². The summed E-state index contributed by atoms with van der Waals surface area (Å²) >= 11 is 0. The SMILES string of the molecule is O=CNc1ccc2ocnc2c1. The minimum absolute atomic E-state index is 0.626. The summed E-state index contributed by atoms with van der Waals surface area (Å²) in [5.41, 5.74) is 2.17. The molecule has 2 rings (SSSR count). The third kappa shape index (κ3) is 1.03. The van der Waals surface area contributed by atoms with Crippen LogP contribution in [0.2, 0.25) is 0 Å². The first-order valence-corrected chi connectivity index (χ1v) is 3.43. The van der Waals surface area contributed by atoms with E-state index in [0.29, 0.717) is 17.7 Å². The van der Waals surface area contributed by atoms with Gasteiger partial charge in [0.15, 0.2) is 12.0 Å². The lowest BCUT2D eigenvalue weighted by atomic mass is 10.3. The van der Waals surface area contributed by atoms with Crippen molar-refractivity contribution in [2.24, 2.45) is 0 Å². The summed E-state index contributed by atoms with van der Waals surface area (Å²) < 4.78 is 5.02. The molecule has 1 heterocycles. The highest BCUT2D eigenvalue weighted by Gasteiger charge is 1.98. The number of fused-ring (bicyclic) bond motifs is 1. The Bertz CT molecular complexity index is 408. The zero-order chi connectivity index (χ0) is 8.39. The van der Waals surface area contributed by atoms with Crippen LogP contribution in [-0.4, -0.2) is 11.4 Å². The van der Waals surface area contributed by atoms with Crippen molar-refractivity contribution in [3.63, 3.8) is 0 Å². The molecule has 0 aliphatic rings. The average molecular weight is 162 g/mol. The summed E-state index contributed by atoms with van der Waals surface area (Å²) in [6, 6.07) is 5.25. The van der Waals surface area contributed by atoms with Crippen molar-refractivity contribution in [2.45, 2.75) is 0 Å². The predicted octanol–water partition coefficient (Wildman–Crippen LogP) is 1.40. The molecular formula is C8H6N2O2. The van der Waals surface area contributed by atoms with Crippen molar-refractivity contribution in [3.8, 4) is 0 Å². The first kappa shape index (κ1) is 6.84. The van der Waals surface area contributed by atoms with E-state index in [1.54, 1.807) is 18.2 Å². The van der Waals surface area contributed by atoms with Gasteiger partial charge in [0.1, 0.15) is 5.52 Å². The first-order valence-electron chi connectivity index (χ1n) is 3.43. The molecule has 1 amide bonds. The number of carbonyl (C=O) groups is 1. The van der Waals surface area contributed by atoms with Crippen LogP contribution in [0.3, 0.4) is 0 Å². The standard InChI is InChI=1S/C8H6N2O2/c11-4-9-6-1-2-8-7(3-6)10-5-12-8/h1-5H,(H,9,11). The molecule has 2 aromatic rings. The second-order valence-corrected chi connectivity index (χ2v) is 2.30. The van der Waals surface area contributed by atoms with Crippen LogP contribution in [0.5, 0.6) is 0 Å². The number of anilines is 1. The van der Waals surface area contributed by atoms with E-state index in [4.69, 9.17) is 4.42 Å². The summed E-state index contributed by atoms with van der Waals surface area (Å²) in [6.45, 7) is 0. The van der Waals surface area contributed by atoms with E-state index in [2.05, 4.69) is 10.3 Å². The molecule has 0 saturated carbocycles. The second-order valence-electron chi connectivity index (χ2n) is 2.30. The molecular weight excluding hydrogens is 156 g/mol. The maximum absolute atomic E-state index is 10.1. The summed E-state index contributed by atoms with van der Waals surface area (Å²) in [7, 11) is 0. The van der Waals surface area contributed by atoms with Crippen LogP contribution in [-0.2, 0) is 4.79 Å². The number of hydrogen-bond donors (Lipinski definition) is 1. The molecule has 4 heteroatoms. The summed E-state index contributed by atoms with van der Waals surface area (Å²) in [6.07, 6.45) is 2.00. The Morgan fingerprint density at radius 1 is 1.50 bits per heavy atom. The normalized spacial score (nSPS) is 10.0. The number of nitrogens with one attached hydrogen (secondary N) is 1. The molecule has 1 N–H and O–H groups in total. The molecule has 0 spiro atoms. The Labute approximate surface area is 68.2 Å². The van der Waals surface area contributed by atoms with Crippen LogP contribution >= 0.6 is 0 Å². The molecule has 0 atom stereocenters. The monoisotopic (exact) mass is 162 g/mol. The quantitative estimate of drug-likeness (QED) is 0.679. The van der Waals surface area contributed by atoms with E-state index in [0.717, 1.165) is 5.52 Å². The smallest absolute Gasteiger partial charge is 0.211 e. The number of rotatable bonds is 2. The van der Waals surface area contributed by atoms with Gasteiger partial charge in [-0.15, -0.1) is 0 Å². The number of hydrogen-bond acceptors (Lipinski definition) is 3. The lowest BCUT2D eigenvalue weighted by Crippen LogP contribution is -1.92. The molecule has 0 radical (unpaired) electrons. The van der Waals surface area contributed by atoms with Gasteiger partial charge in [0.25, 0.3) is 0 Å². The number of aromatic nitrogens is 1. The highest BCUT2D eigenvalue weighted by Crippen LogP contribution is 2.16. The number of amides is 1. The Morgan fingerprint density at radius 2 is 2.42 bits per heavy atom. The fourth-order valence-electron chi connectivity index (χ4n) is 1.02. The molecule has 12 heavy (non-hydrogen) atoms. The van der Waals surface area contributed by atoms with E-state index in [-0.39, 0.29) is 0 Å².